The van der Waals surface area contributed by atoms with Crippen molar-refractivity contribution in [2.75, 3.05) is 27.3 Å². The summed E-state index contributed by atoms with van der Waals surface area (Å²) in [5.74, 6) is 2.01. The molecule has 0 aromatic heterocycles. The SMILES string of the molecule is COc1ccc(C(=O)N2CCC(CCc3ccc(C)cc3)CC2)cc1OC. The summed E-state index contributed by atoms with van der Waals surface area (Å²) in [4.78, 5) is 14.8. The number of amides is 1. The van der Waals surface area contributed by atoms with Crippen LogP contribution in [0, 0.1) is 12.8 Å². The first-order valence-electron chi connectivity index (χ1n) is 9.67. The highest BCUT2D eigenvalue weighted by molar-refractivity contribution is 5.95. The molecule has 1 saturated heterocycles. The second-order valence-electron chi connectivity index (χ2n) is 7.33. The lowest BCUT2D eigenvalue weighted by atomic mass is 9.90. The molecule has 1 heterocycles. The van der Waals surface area contributed by atoms with Gasteiger partial charge < -0.3 is 14.4 Å². The lowest BCUT2D eigenvalue weighted by Crippen LogP contribution is -2.38. The zero-order valence-corrected chi connectivity index (χ0v) is 16.5. The van der Waals surface area contributed by atoms with Gasteiger partial charge in [0.15, 0.2) is 11.5 Å². The first-order chi connectivity index (χ1) is 13.1. The molecule has 0 N–H and O–H groups in total. The number of methoxy groups -OCH3 is 2. The molecule has 4 heteroatoms. The van der Waals surface area contributed by atoms with Crippen LogP contribution in [0.25, 0.3) is 0 Å². The Morgan fingerprint density at radius 3 is 2.30 bits per heavy atom. The number of ether oxygens (including phenoxy) is 2. The van der Waals surface area contributed by atoms with Gasteiger partial charge in [0, 0.05) is 18.7 Å². The number of nitrogens with zero attached hydrogens (tertiary/aromatic N) is 1. The van der Waals surface area contributed by atoms with E-state index in [0.717, 1.165) is 32.4 Å². The van der Waals surface area contributed by atoms with E-state index in [1.165, 1.54) is 17.5 Å². The molecule has 0 saturated carbocycles. The smallest absolute Gasteiger partial charge is 0.253 e. The van der Waals surface area contributed by atoms with E-state index in [9.17, 15) is 4.79 Å². The van der Waals surface area contributed by atoms with Crippen molar-refractivity contribution in [1.82, 2.24) is 4.90 Å². The van der Waals surface area contributed by atoms with Gasteiger partial charge in [-0.2, -0.15) is 0 Å². The maximum Gasteiger partial charge on any atom is 0.253 e. The van der Waals surface area contributed by atoms with Crippen LogP contribution in [0.4, 0.5) is 0 Å². The summed E-state index contributed by atoms with van der Waals surface area (Å²) in [6, 6.07) is 14.2. The van der Waals surface area contributed by atoms with Crippen LogP contribution in [0.2, 0.25) is 0 Å². The van der Waals surface area contributed by atoms with Gasteiger partial charge >= 0.3 is 0 Å². The van der Waals surface area contributed by atoms with Crippen molar-refractivity contribution in [3.8, 4) is 11.5 Å². The Kier molecular flexibility index (Phi) is 6.38. The molecule has 0 aliphatic carbocycles. The highest BCUT2D eigenvalue weighted by Gasteiger charge is 2.24. The molecule has 0 radical (unpaired) electrons. The van der Waals surface area contributed by atoms with Crippen molar-refractivity contribution in [3.63, 3.8) is 0 Å². The monoisotopic (exact) mass is 367 g/mol. The van der Waals surface area contributed by atoms with E-state index < -0.39 is 0 Å². The van der Waals surface area contributed by atoms with Gasteiger partial charge in [-0.3, -0.25) is 4.79 Å². The summed E-state index contributed by atoms with van der Waals surface area (Å²) in [7, 11) is 3.19. The lowest BCUT2D eigenvalue weighted by molar-refractivity contribution is 0.0686. The Morgan fingerprint density at radius 1 is 1.00 bits per heavy atom. The van der Waals surface area contributed by atoms with E-state index in [1.54, 1.807) is 26.4 Å². The number of aryl methyl sites for hydroxylation is 2. The molecule has 2 aromatic rings. The van der Waals surface area contributed by atoms with Gasteiger partial charge in [-0.1, -0.05) is 29.8 Å². The Hall–Kier alpha value is -2.49. The molecule has 0 spiro atoms. The van der Waals surface area contributed by atoms with E-state index in [4.69, 9.17) is 9.47 Å². The molecule has 4 nitrogen and oxygen atoms in total. The summed E-state index contributed by atoms with van der Waals surface area (Å²) in [5, 5.41) is 0. The normalized spacial score (nSPS) is 14.9. The van der Waals surface area contributed by atoms with Gasteiger partial charge in [0.25, 0.3) is 5.91 Å². The molecule has 1 aliphatic heterocycles. The van der Waals surface area contributed by atoms with Crippen molar-refractivity contribution in [2.45, 2.75) is 32.6 Å². The van der Waals surface area contributed by atoms with Crippen molar-refractivity contribution < 1.29 is 14.3 Å². The predicted octanol–water partition coefficient (Wildman–Crippen LogP) is 4.50. The fraction of sp³-hybridized carbons (Fsp3) is 0.435. The molecule has 0 atom stereocenters. The van der Waals surface area contributed by atoms with E-state index in [0.29, 0.717) is 23.0 Å². The van der Waals surface area contributed by atoms with Crippen LogP contribution in [0.15, 0.2) is 42.5 Å². The molecule has 3 rings (SSSR count). The van der Waals surface area contributed by atoms with Crippen LogP contribution < -0.4 is 9.47 Å². The van der Waals surface area contributed by atoms with Crippen LogP contribution in [-0.4, -0.2) is 38.1 Å². The molecule has 1 aliphatic rings. The molecule has 144 valence electrons. The fourth-order valence-electron chi connectivity index (χ4n) is 3.70. The zero-order chi connectivity index (χ0) is 19.2. The third-order valence-corrected chi connectivity index (χ3v) is 5.49. The van der Waals surface area contributed by atoms with Gasteiger partial charge in [0.05, 0.1) is 14.2 Å². The first-order valence-corrected chi connectivity index (χ1v) is 9.67. The van der Waals surface area contributed by atoms with Gasteiger partial charge in [0.2, 0.25) is 0 Å². The lowest BCUT2D eigenvalue weighted by Gasteiger charge is -2.32. The summed E-state index contributed by atoms with van der Waals surface area (Å²) in [6.45, 7) is 3.77. The fourth-order valence-corrected chi connectivity index (χ4v) is 3.70. The number of piperidine rings is 1. The average Bonchev–Trinajstić information content (AvgIpc) is 2.72. The molecular weight excluding hydrogens is 338 g/mol. The van der Waals surface area contributed by atoms with E-state index in [-0.39, 0.29) is 5.91 Å². The van der Waals surface area contributed by atoms with Crippen LogP contribution in [-0.2, 0) is 6.42 Å². The average molecular weight is 367 g/mol. The number of carbonyl (C=O) groups is 1. The van der Waals surface area contributed by atoms with Crippen LogP contribution >= 0.6 is 0 Å². The van der Waals surface area contributed by atoms with E-state index >= 15 is 0 Å². The molecule has 1 amide bonds. The Balaban J connectivity index is 1.52. The number of hydrogen-bond acceptors (Lipinski definition) is 3. The highest BCUT2D eigenvalue weighted by atomic mass is 16.5. The maximum absolute atomic E-state index is 12.8. The van der Waals surface area contributed by atoms with Crippen LogP contribution in [0.3, 0.4) is 0 Å². The topological polar surface area (TPSA) is 38.8 Å². The molecule has 0 unspecified atom stereocenters. The van der Waals surface area contributed by atoms with Gasteiger partial charge in [-0.05, 0) is 62.3 Å². The number of carbonyl (C=O) groups excluding carboxylic acids is 1. The van der Waals surface area contributed by atoms with Crippen LogP contribution in [0.5, 0.6) is 11.5 Å². The molecule has 1 fully saturated rings. The molecule has 0 bridgehead atoms. The minimum atomic E-state index is 0.0768. The number of rotatable bonds is 6. The Labute approximate surface area is 162 Å². The standard InChI is InChI=1S/C23H29NO3/c1-17-4-6-18(7-5-17)8-9-19-12-14-24(15-13-19)23(25)20-10-11-21(26-2)22(16-20)27-3/h4-7,10-11,16,19H,8-9,12-15H2,1-3H3. The second kappa shape index (κ2) is 8.94. The first kappa shape index (κ1) is 19.3. The van der Waals surface area contributed by atoms with E-state index in [1.807, 2.05) is 11.0 Å². The largest absolute Gasteiger partial charge is 0.493 e. The third kappa shape index (κ3) is 4.82. The predicted molar refractivity (Wildman–Crippen MR) is 108 cm³/mol. The van der Waals surface area contributed by atoms with Crippen molar-refractivity contribution in [3.05, 3.63) is 59.2 Å². The van der Waals surface area contributed by atoms with Gasteiger partial charge in [-0.25, -0.2) is 0 Å². The van der Waals surface area contributed by atoms with Gasteiger partial charge in [0.1, 0.15) is 0 Å². The molecule has 27 heavy (non-hydrogen) atoms. The number of likely N-dealkylation sites (tertiary alicyclic amines) is 1. The minimum absolute atomic E-state index is 0.0768. The Morgan fingerprint density at radius 2 is 1.67 bits per heavy atom. The highest BCUT2D eigenvalue weighted by Crippen LogP contribution is 2.29. The number of hydrogen-bond donors (Lipinski definition) is 0. The second-order valence-corrected chi connectivity index (χ2v) is 7.33. The summed E-state index contributed by atoms with van der Waals surface area (Å²) >= 11 is 0. The zero-order valence-electron chi connectivity index (χ0n) is 16.5. The minimum Gasteiger partial charge on any atom is -0.493 e. The summed E-state index contributed by atoms with van der Waals surface area (Å²) < 4.78 is 10.6. The van der Waals surface area contributed by atoms with E-state index in [2.05, 4.69) is 31.2 Å². The summed E-state index contributed by atoms with van der Waals surface area (Å²) in [5.41, 5.74) is 3.37. The number of benzene rings is 2. The molecular formula is C23H29NO3. The Bertz CT molecular complexity index is 762. The van der Waals surface area contributed by atoms with Gasteiger partial charge in [-0.15, -0.1) is 0 Å². The quantitative estimate of drug-likeness (QED) is 0.755. The molecule has 2 aromatic carbocycles. The summed E-state index contributed by atoms with van der Waals surface area (Å²) in [6.07, 6.45) is 4.46. The maximum atomic E-state index is 12.8. The third-order valence-electron chi connectivity index (χ3n) is 5.49. The van der Waals surface area contributed by atoms with Crippen molar-refractivity contribution in [2.24, 2.45) is 5.92 Å². The van der Waals surface area contributed by atoms with Crippen molar-refractivity contribution >= 4 is 5.91 Å². The van der Waals surface area contributed by atoms with Crippen LogP contribution in [0.1, 0.15) is 40.7 Å². The van der Waals surface area contributed by atoms with Crippen molar-refractivity contribution in [1.29, 1.82) is 0 Å².